The van der Waals surface area contributed by atoms with Crippen LogP contribution in [-0.4, -0.2) is 23.0 Å². The highest BCUT2D eigenvalue weighted by molar-refractivity contribution is 5.94. The van der Waals surface area contributed by atoms with Crippen LogP contribution in [0, 0.1) is 6.92 Å². The lowest BCUT2D eigenvalue weighted by Crippen LogP contribution is -2.38. The summed E-state index contributed by atoms with van der Waals surface area (Å²) in [6.07, 6.45) is 2.21. The first kappa shape index (κ1) is 12.9. The molecule has 0 aliphatic heterocycles. The van der Waals surface area contributed by atoms with E-state index in [9.17, 15) is 4.79 Å². The average molecular weight is 269 g/mol. The first-order valence-electron chi connectivity index (χ1n) is 7.07. The van der Waals surface area contributed by atoms with Gasteiger partial charge in [-0.15, -0.1) is 0 Å². The normalized spacial score (nSPS) is 15.9. The maximum Gasteiger partial charge on any atom is 0.242 e. The Labute approximate surface area is 118 Å². The van der Waals surface area contributed by atoms with Crippen LogP contribution in [0.1, 0.15) is 25.5 Å². The summed E-state index contributed by atoms with van der Waals surface area (Å²) in [6, 6.07) is 10.1. The number of nitrogens with one attached hydrogen (secondary N) is 2. The lowest BCUT2D eigenvalue weighted by Gasteiger charge is -2.17. The topological polar surface area (TPSA) is 54.0 Å². The Kier molecular flexibility index (Phi) is 3.30. The zero-order valence-electron chi connectivity index (χ0n) is 11.8. The third kappa shape index (κ3) is 2.74. The highest BCUT2D eigenvalue weighted by Crippen LogP contribution is 2.24. The second-order valence-corrected chi connectivity index (χ2v) is 5.48. The molecule has 1 amide bonds. The second kappa shape index (κ2) is 5.12. The second-order valence-electron chi connectivity index (χ2n) is 5.48. The van der Waals surface area contributed by atoms with Crippen molar-refractivity contribution in [3.63, 3.8) is 0 Å². The number of carbonyl (C=O) groups is 1. The fourth-order valence-electron chi connectivity index (χ4n) is 2.28. The number of aromatic nitrogens is 1. The molecule has 1 heterocycles. The molecule has 1 fully saturated rings. The molecule has 1 unspecified atom stereocenters. The van der Waals surface area contributed by atoms with Gasteiger partial charge in [0.1, 0.15) is 6.04 Å². The van der Waals surface area contributed by atoms with E-state index in [1.54, 1.807) is 0 Å². The van der Waals surface area contributed by atoms with Crippen molar-refractivity contribution in [1.82, 2.24) is 10.3 Å². The molecule has 3 rings (SSSR count). The zero-order valence-corrected chi connectivity index (χ0v) is 11.8. The van der Waals surface area contributed by atoms with Crippen LogP contribution in [0.25, 0.3) is 10.9 Å². The summed E-state index contributed by atoms with van der Waals surface area (Å²) in [5.41, 5.74) is 2.86. The Morgan fingerprint density at radius 3 is 2.85 bits per heavy atom. The van der Waals surface area contributed by atoms with E-state index >= 15 is 0 Å². The van der Waals surface area contributed by atoms with E-state index in [1.165, 1.54) is 0 Å². The third-order valence-electron chi connectivity index (χ3n) is 3.53. The van der Waals surface area contributed by atoms with Crippen molar-refractivity contribution >= 4 is 22.5 Å². The average Bonchev–Trinajstić information content (AvgIpc) is 3.22. The van der Waals surface area contributed by atoms with Gasteiger partial charge in [-0.25, -0.2) is 0 Å². The molecular weight excluding hydrogens is 250 g/mol. The van der Waals surface area contributed by atoms with Gasteiger partial charge in [0.2, 0.25) is 5.91 Å². The minimum atomic E-state index is -0.249. The van der Waals surface area contributed by atoms with Gasteiger partial charge in [-0.1, -0.05) is 18.2 Å². The minimum Gasteiger partial charge on any atom is -0.373 e. The van der Waals surface area contributed by atoms with Gasteiger partial charge in [0.15, 0.2) is 0 Å². The van der Waals surface area contributed by atoms with Crippen molar-refractivity contribution in [2.45, 2.75) is 38.8 Å². The third-order valence-corrected chi connectivity index (χ3v) is 3.53. The molecule has 0 saturated heterocycles. The molecule has 4 nitrogen and oxygen atoms in total. The summed E-state index contributed by atoms with van der Waals surface area (Å²) in [5, 5.41) is 7.37. The Balaban J connectivity index is 1.83. The fraction of sp³-hybridized carbons (Fsp3) is 0.375. The Morgan fingerprint density at radius 1 is 1.35 bits per heavy atom. The van der Waals surface area contributed by atoms with Crippen molar-refractivity contribution in [3.8, 4) is 0 Å². The standard InChI is InChI=1S/C16H19N3O/c1-10-9-15(13-5-3-4-6-14(13)17-10)18-11(2)16(20)19-12-7-8-12/h3-6,9,11-12H,7-8H2,1-2H3,(H,17,18)(H,19,20). The highest BCUT2D eigenvalue weighted by atomic mass is 16.2. The van der Waals surface area contributed by atoms with Crippen LogP contribution in [0.3, 0.4) is 0 Å². The van der Waals surface area contributed by atoms with E-state index in [4.69, 9.17) is 0 Å². The summed E-state index contributed by atoms with van der Waals surface area (Å²) >= 11 is 0. The number of benzene rings is 1. The van der Waals surface area contributed by atoms with Gasteiger partial charge in [0.25, 0.3) is 0 Å². The molecule has 0 bridgehead atoms. The van der Waals surface area contributed by atoms with Crippen LogP contribution < -0.4 is 10.6 Å². The van der Waals surface area contributed by atoms with Crippen LogP contribution in [0.2, 0.25) is 0 Å². The van der Waals surface area contributed by atoms with Gasteiger partial charge in [-0.2, -0.15) is 0 Å². The van der Waals surface area contributed by atoms with E-state index in [1.807, 2.05) is 44.2 Å². The number of aryl methyl sites for hydroxylation is 1. The van der Waals surface area contributed by atoms with Crippen LogP contribution in [0.15, 0.2) is 30.3 Å². The smallest absolute Gasteiger partial charge is 0.242 e. The molecule has 1 aromatic heterocycles. The maximum absolute atomic E-state index is 12.0. The molecule has 1 atom stereocenters. The number of hydrogen-bond donors (Lipinski definition) is 2. The highest BCUT2D eigenvalue weighted by Gasteiger charge is 2.25. The van der Waals surface area contributed by atoms with Gasteiger partial charge < -0.3 is 10.6 Å². The molecule has 2 aromatic rings. The van der Waals surface area contributed by atoms with Gasteiger partial charge in [-0.05, 0) is 38.8 Å². The summed E-state index contributed by atoms with van der Waals surface area (Å²) in [6.45, 7) is 3.86. The number of hydrogen-bond acceptors (Lipinski definition) is 3. The van der Waals surface area contributed by atoms with Crippen molar-refractivity contribution < 1.29 is 4.79 Å². The summed E-state index contributed by atoms with van der Waals surface area (Å²) in [4.78, 5) is 16.5. The Hall–Kier alpha value is -2.10. The predicted octanol–water partition coefficient (Wildman–Crippen LogP) is 2.62. The van der Waals surface area contributed by atoms with Gasteiger partial charge in [-0.3, -0.25) is 9.78 Å². The molecule has 1 aliphatic rings. The number of anilines is 1. The molecule has 104 valence electrons. The summed E-state index contributed by atoms with van der Waals surface area (Å²) in [7, 11) is 0. The fourth-order valence-corrected chi connectivity index (χ4v) is 2.28. The number of amides is 1. The molecule has 0 spiro atoms. The molecule has 0 radical (unpaired) electrons. The van der Waals surface area contributed by atoms with E-state index in [2.05, 4.69) is 15.6 Å². The predicted molar refractivity (Wildman–Crippen MR) is 80.7 cm³/mol. The molecule has 1 aliphatic carbocycles. The van der Waals surface area contributed by atoms with Crippen LogP contribution in [-0.2, 0) is 4.79 Å². The Bertz CT molecular complexity index is 649. The molecule has 4 heteroatoms. The van der Waals surface area contributed by atoms with E-state index in [0.717, 1.165) is 35.1 Å². The molecule has 2 N–H and O–H groups in total. The molecule has 20 heavy (non-hydrogen) atoms. The van der Waals surface area contributed by atoms with E-state index in [-0.39, 0.29) is 11.9 Å². The van der Waals surface area contributed by atoms with Gasteiger partial charge in [0.05, 0.1) is 5.52 Å². The largest absolute Gasteiger partial charge is 0.373 e. The number of fused-ring (bicyclic) bond motifs is 1. The van der Waals surface area contributed by atoms with Gasteiger partial charge >= 0.3 is 0 Å². The first-order valence-corrected chi connectivity index (χ1v) is 7.07. The lowest BCUT2D eigenvalue weighted by molar-refractivity contribution is -0.121. The zero-order chi connectivity index (χ0) is 14.1. The summed E-state index contributed by atoms with van der Waals surface area (Å²) in [5.74, 6) is 0.0612. The minimum absolute atomic E-state index is 0.0612. The summed E-state index contributed by atoms with van der Waals surface area (Å²) < 4.78 is 0. The first-order chi connectivity index (χ1) is 9.63. The monoisotopic (exact) mass is 269 g/mol. The van der Waals surface area contributed by atoms with Crippen LogP contribution in [0.5, 0.6) is 0 Å². The molecule has 1 aromatic carbocycles. The number of nitrogens with zero attached hydrogens (tertiary/aromatic N) is 1. The van der Waals surface area contributed by atoms with Crippen LogP contribution in [0.4, 0.5) is 5.69 Å². The Morgan fingerprint density at radius 2 is 2.10 bits per heavy atom. The van der Waals surface area contributed by atoms with Crippen molar-refractivity contribution in [1.29, 1.82) is 0 Å². The molecular formula is C16H19N3O. The van der Waals surface area contributed by atoms with E-state index in [0.29, 0.717) is 6.04 Å². The SMILES string of the molecule is Cc1cc(NC(C)C(=O)NC2CC2)c2ccccc2n1. The number of para-hydroxylation sites is 1. The maximum atomic E-state index is 12.0. The number of carbonyl (C=O) groups excluding carboxylic acids is 1. The number of pyridine rings is 1. The molecule has 1 saturated carbocycles. The lowest BCUT2D eigenvalue weighted by atomic mass is 10.1. The van der Waals surface area contributed by atoms with Crippen molar-refractivity contribution in [2.24, 2.45) is 0 Å². The van der Waals surface area contributed by atoms with Crippen LogP contribution >= 0.6 is 0 Å². The quantitative estimate of drug-likeness (QED) is 0.897. The number of rotatable bonds is 4. The van der Waals surface area contributed by atoms with Crippen molar-refractivity contribution in [2.75, 3.05) is 5.32 Å². The van der Waals surface area contributed by atoms with E-state index < -0.39 is 0 Å². The van der Waals surface area contributed by atoms with Gasteiger partial charge in [0, 0.05) is 22.8 Å². The van der Waals surface area contributed by atoms with Crippen molar-refractivity contribution in [3.05, 3.63) is 36.0 Å².